The number of rotatable bonds is 7. The first kappa shape index (κ1) is 17.2. The monoisotopic (exact) mass is 222 g/mol. The van der Waals surface area contributed by atoms with Gasteiger partial charge in [-0.2, -0.15) is 0 Å². The predicted octanol–water partition coefficient (Wildman–Crippen LogP) is -0.773. The van der Waals surface area contributed by atoms with Gasteiger partial charge in [-0.25, -0.2) is 0 Å². The van der Waals surface area contributed by atoms with Gasteiger partial charge in [0.2, 0.25) is 0 Å². The van der Waals surface area contributed by atoms with Crippen molar-refractivity contribution in [2.45, 2.75) is 27.0 Å². The second-order valence-corrected chi connectivity index (χ2v) is 3.05. The van der Waals surface area contributed by atoms with Gasteiger partial charge in [0.25, 0.3) is 0 Å². The second kappa shape index (κ2) is 13.8. The Balaban J connectivity index is 0. The van der Waals surface area contributed by atoms with Gasteiger partial charge in [0.15, 0.2) is 0 Å². The molecule has 4 N–H and O–H groups in total. The highest BCUT2D eigenvalue weighted by molar-refractivity contribution is 4.49. The highest BCUT2D eigenvalue weighted by atomic mass is 16.3. The summed E-state index contributed by atoms with van der Waals surface area (Å²) in [5, 5.41) is 28.0. The molecule has 1 unspecified atom stereocenters. The van der Waals surface area contributed by atoms with Gasteiger partial charge in [-0.1, -0.05) is 13.8 Å². The molecule has 0 bridgehead atoms. The van der Waals surface area contributed by atoms with E-state index in [0.29, 0.717) is 13.1 Å². The van der Waals surface area contributed by atoms with Crippen LogP contribution >= 0.6 is 0 Å². The maximum Gasteiger partial charge on any atom is 0.104 e. The number of aliphatic hydroxyl groups excluding tert-OH is 3. The molecule has 0 radical (unpaired) electrons. The molecule has 15 heavy (non-hydrogen) atoms. The Kier molecular flexibility index (Phi) is 15.8. The summed E-state index contributed by atoms with van der Waals surface area (Å²) < 4.78 is 0. The van der Waals surface area contributed by atoms with E-state index in [-0.39, 0.29) is 19.4 Å². The Morgan fingerprint density at radius 3 is 1.60 bits per heavy atom. The molecule has 1 atom stereocenters. The zero-order valence-electron chi connectivity index (χ0n) is 10.1. The molecule has 0 aromatic rings. The third-order valence-corrected chi connectivity index (χ3v) is 1.92. The molecule has 0 saturated heterocycles. The Morgan fingerprint density at radius 1 is 1.07 bits per heavy atom. The minimum Gasteiger partial charge on any atom is -0.395 e. The molecule has 0 amide bonds. The van der Waals surface area contributed by atoms with Crippen molar-refractivity contribution in [3.05, 3.63) is 0 Å². The zero-order valence-corrected chi connectivity index (χ0v) is 10.1. The number of hydrogen-bond acceptors (Lipinski definition) is 5. The third kappa shape index (κ3) is 13.8. The van der Waals surface area contributed by atoms with Crippen molar-refractivity contribution in [3.8, 4) is 0 Å². The molecule has 0 aliphatic carbocycles. The van der Waals surface area contributed by atoms with E-state index in [1.807, 2.05) is 18.7 Å². The summed E-state index contributed by atoms with van der Waals surface area (Å²) in [6.07, 6.45) is -0.287. The number of nitrogens with zero attached hydrogens (tertiary/aromatic N) is 1. The first-order valence-corrected chi connectivity index (χ1v) is 5.48. The predicted molar refractivity (Wildman–Crippen MR) is 61.6 cm³/mol. The third-order valence-electron chi connectivity index (χ3n) is 1.92. The molecule has 0 fully saturated rings. The fourth-order valence-electron chi connectivity index (χ4n) is 1.04. The van der Waals surface area contributed by atoms with Crippen LogP contribution in [0.1, 0.15) is 20.8 Å². The summed E-state index contributed by atoms with van der Waals surface area (Å²) in [5.74, 6) is 0. The van der Waals surface area contributed by atoms with E-state index in [9.17, 15) is 0 Å². The quantitative estimate of drug-likeness (QED) is 0.336. The van der Waals surface area contributed by atoms with Gasteiger partial charge in [-0.3, -0.25) is 4.90 Å². The lowest BCUT2D eigenvalue weighted by atomic mass is 10.5. The number of aliphatic hydroxyl groups is 3. The molecule has 0 aromatic heterocycles. The van der Waals surface area contributed by atoms with Crippen LogP contribution in [0.5, 0.6) is 0 Å². The van der Waals surface area contributed by atoms with Gasteiger partial charge in [0.1, 0.15) is 6.23 Å². The van der Waals surface area contributed by atoms with Crippen molar-refractivity contribution < 1.29 is 15.3 Å². The van der Waals surface area contributed by atoms with E-state index in [4.69, 9.17) is 15.3 Å². The lowest BCUT2D eigenvalue weighted by Gasteiger charge is -2.20. The van der Waals surface area contributed by atoms with Crippen molar-refractivity contribution >= 4 is 0 Å². The standard InChI is InChI=1S/C6H15NO.C4H11NO2/c1-4-7(5-2)6(3)8;6-3-1-5-2-4-7/h6,8H,4-5H2,1-3H3;5-7H,1-4H2. The lowest BCUT2D eigenvalue weighted by molar-refractivity contribution is 0.0265. The average molecular weight is 222 g/mol. The summed E-state index contributed by atoms with van der Waals surface area (Å²) in [5.41, 5.74) is 0. The van der Waals surface area contributed by atoms with Gasteiger partial charge >= 0.3 is 0 Å². The molecule has 0 aliphatic heterocycles. The Morgan fingerprint density at radius 2 is 1.47 bits per heavy atom. The highest BCUT2D eigenvalue weighted by Gasteiger charge is 2.02. The molecular weight excluding hydrogens is 196 g/mol. The smallest absolute Gasteiger partial charge is 0.104 e. The van der Waals surface area contributed by atoms with Crippen molar-refractivity contribution in [2.24, 2.45) is 0 Å². The van der Waals surface area contributed by atoms with Crippen LogP contribution in [0.2, 0.25) is 0 Å². The fourth-order valence-corrected chi connectivity index (χ4v) is 1.04. The van der Waals surface area contributed by atoms with Gasteiger partial charge in [-0.15, -0.1) is 0 Å². The van der Waals surface area contributed by atoms with E-state index in [2.05, 4.69) is 5.32 Å². The van der Waals surface area contributed by atoms with Crippen LogP contribution in [0.3, 0.4) is 0 Å². The largest absolute Gasteiger partial charge is 0.395 e. The Hall–Kier alpha value is -0.200. The molecular formula is C10H26N2O3. The number of nitrogens with one attached hydrogen (secondary N) is 1. The van der Waals surface area contributed by atoms with Crippen LogP contribution in [-0.2, 0) is 0 Å². The van der Waals surface area contributed by atoms with E-state index >= 15 is 0 Å². The van der Waals surface area contributed by atoms with E-state index in [0.717, 1.165) is 13.1 Å². The zero-order chi connectivity index (χ0) is 12.1. The fraction of sp³-hybridized carbons (Fsp3) is 1.00. The first-order valence-electron chi connectivity index (χ1n) is 5.48. The van der Waals surface area contributed by atoms with Gasteiger partial charge in [0.05, 0.1) is 13.2 Å². The lowest BCUT2D eigenvalue weighted by Crippen LogP contribution is -2.32. The molecule has 0 saturated carbocycles. The average Bonchev–Trinajstić information content (AvgIpc) is 2.21. The van der Waals surface area contributed by atoms with E-state index in [1.165, 1.54) is 0 Å². The van der Waals surface area contributed by atoms with Gasteiger partial charge in [-0.05, 0) is 20.0 Å². The summed E-state index contributed by atoms with van der Waals surface area (Å²) >= 11 is 0. The topological polar surface area (TPSA) is 76.0 Å². The molecule has 0 heterocycles. The Labute approximate surface area is 92.7 Å². The first-order chi connectivity index (χ1) is 7.13. The Bertz CT molecular complexity index is 105. The maximum atomic E-state index is 8.94. The second-order valence-electron chi connectivity index (χ2n) is 3.05. The summed E-state index contributed by atoms with van der Waals surface area (Å²) in [6, 6.07) is 0. The van der Waals surface area contributed by atoms with Crippen LogP contribution in [0.25, 0.3) is 0 Å². The van der Waals surface area contributed by atoms with Crippen molar-refractivity contribution in [2.75, 3.05) is 39.4 Å². The van der Waals surface area contributed by atoms with Crippen molar-refractivity contribution in [1.82, 2.24) is 10.2 Å². The van der Waals surface area contributed by atoms with Crippen LogP contribution in [-0.4, -0.2) is 65.8 Å². The molecule has 0 aliphatic rings. The van der Waals surface area contributed by atoms with Crippen LogP contribution in [0.15, 0.2) is 0 Å². The highest BCUT2D eigenvalue weighted by Crippen LogP contribution is 1.91. The molecule has 5 nitrogen and oxygen atoms in total. The summed E-state index contributed by atoms with van der Waals surface area (Å²) in [6.45, 7) is 9.13. The van der Waals surface area contributed by atoms with Crippen LogP contribution in [0, 0.1) is 0 Å². The van der Waals surface area contributed by atoms with Gasteiger partial charge in [0, 0.05) is 13.1 Å². The van der Waals surface area contributed by atoms with Crippen molar-refractivity contribution in [1.29, 1.82) is 0 Å². The molecule has 0 spiro atoms. The minimum atomic E-state index is -0.287. The molecule has 5 heteroatoms. The summed E-state index contributed by atoms with van der Waals surface area (Å²) in [4.78, 5) is 1.97. The van der Waals surface area contributed by atoms with Crippen molar-refractivity contribution in [3.63, 3.8) is 0 Å². The van der Waals surface area contributed by atoms with Crippen LogP contribution < -0.4 is 5.32 Å². The normalized spacial score (nSPS) is 12.2. The molecule has 94 valence electrons. The summed E-state index contributed by atoms with van der Waals surface area (Å²) in [7, 11) is 0. The number of hydrogen-bond donors (Lipinski definition) is 4. The minimum absolute atomic E-state index is 0.139. The maximum absolute atomic E-state index is 8.94. The van der Waals surface area contributed by atoms with E-state index < -0.39 is 0 Å². The van der Waals surface area contributed by atoms with E-state index in [1.54, 1.807) is 6.92 Å². The molecule has 0 aromatic carbocycles. The van der Waals surface area contributed by atoms with Crippen LogP contribution in [0.4, 0.5) is 0 Å². The molecule has 0 rings (SSSR count). The SMILES string of the molecule is CCN(CC)C(C)O.OCCNCCO. The van der Waals surface area contributed by atoms with Gasteiger partial charge < -0.3 is 20.6 Å².